The van der Waals surface area contributed by atoms with E-state index in [2.05, 4.69) is 0 Å². The van der Waals surface area contributed by atoms with Gasteiger partial charge in [-0.05, 0) is 26.3 Å². The molecule has 0 amide bonds. The van der Waals surface area contributed by atoms with Crippen molar-refractivity contribution in [3.63, 3.8) is 0 Å². The van der Waals surface area contributed by atoms with E-state index >= 15 is 0 Å². The zero-order valence-corrected chi connectivity index (χ0v) is 13.7. The van der Waals surface area contributed by atoms with Gasteiger partial charge in [0.2, 0.25) is 0 Å². The number of aliphatic hydroxyl groups is 1. The van der Waals surface area contributed by atoms with E-state index in [1.54, 1.807) is 12.2 Å². The van der Waals surface area contributed by atoms with Gasteiger partial charge in [0.05, 0.1) is 17.4 Å². The predicted octanol–water partition coefficient (Wildman–Crippen LogP) is 2.45. The highest BCUT2D eigenvalue weighted by Gasteiger charge is 2.52. The van der Waals surface area contributed by atoms with Crippen molar-refractivity contribution >= 4 is 23.4 Å². The second-order valence-electron chi connectivity index (χ2n) is 6.52. The molecular weight excluding hydrogens is 292 g/mol. The molecule has 0 spiro atoms. The fourth-order valence-corrected chi connectivity index (χ4v) is 3.61. The topological polar surface area (TPSA) is 71.4 Å². The third kappa shape index (κ3) is 3.64. The van der Waals surface area contributed by atoms with Crippen LogP contribution in [0, 0.1) is 17.8 Å². The molecule has 0 aliphatic heterocycles. The van der Waals surface area contributed by atoms with Gasteiger partial charge in [-0.3, -0.25) is 14.4 Å². The Kier molecular flexibility index (Phi) is 4.95. The Morgan fingerprint density at radius 2 is 1.78 bits per heavy atom. The molecule has 0 saturated heterocycles. The molecule has 1 aliphatic carbocycles. The van der Waals surface area contributed by atoms with Crippen molar-refractivity contribution in [2.24, 2.45) is 17.8 Å². The molecule has 0 radical (unpaired) electrons. The van der Waals surface area contributed by atoms with Crippen molar-refractivity contribution in [1.29, 1.82) is 0 Å². The first-order valence-corrected chi connectivity index (χ1v) is 7.73. The highest BCUT2D eigenvalue weighted by molar-refractivity contribution is 6.04. The van der Waals surface area contributed by atoms with E-state index in [4.69, 9.17) is 0 Å². The Bertz CT molecular complexity index is 643. The van der Waals surface area contributed by atoms with Gasteiger partial charge in [-0.15, -0.1) is 0 Å². The highest BCUT2D eigenvalue weighted by Crippen LogP contribution is 2.41. The van der Waals surface area contributed by atoms with Crippen LogP contribution < -0.4 is 0 Å². The molecule has 23 heavy (non-hydrogen) atoms. The summed E-state index contributed by atoms with van der Waals surface area (Å²) in [5.74, 6) is -3.04. The van der Waals surface area contributed by atoms with Crippen molar-refractivity contribution in [2.45, 2.75) is 32.8 Å². The molecule has 4 nitrogen and oxygen atoms in total. The highest BCUT2D eigenvalue weighted by atomic mass is 16.3. The van der Waals surface area contributed by atoms with Crippen LogP contribution in [0.5, 0.6) is 0 Å². The predicted molar refractivity (Wildman–Crippen MR) is 87.6 cm³/mol. The van der Waals surface area contributed by atoms with E-state index in [9.17, 15) is 19.5 Å². The summed E-state index contributed by atoms with van der Waals surface area (Å²) in [7, 11) is 0. The maximum atomic E-state index is 12.3. The number of hydrogen-bond donors (Lipinski definition) is 1. The summed E-state index contributed by atoms with van der Waals surface area (Å²) in [6.45, 7) is 4.26. The first-order chi connectivity index (χ1) is 10.7. The lowest BCUT2D eigenvalue weighted by Gasteiger charge is -2.42. The normalized spacial score (nSPS) is 31.3. The van der Waals surface area contributed by atoms with Crippen LogP contribution in [0.25, 0.3) is 6.08 Å². The minimum atomic E-state index is -1.43. The Morgan fingerprint density at radius 1 is 1.17 bits per heavy atom. The lowest BCUT2D eigenvalue weighted by molar-refractivity contribution is -0.153. The fourth-order valence-electron chi connectivity index (χ4n) is 3.61. The zero-order chi connectivity index (χ0) is 17.2. The van der Waals surface area contributed by atoms with Crippen LogP contribution in [0.15, 0.2) is 36.4 Å². The Morgan fingerprint density at radius 3 is 2.30 bits per heavy atom. The molecule has 0 bridgehead atoms. The Hall–Kier alpha value is -2.07. The third-order valence-corrected chi connectivity index (χ3v) is 4.51. The van der Waals surface area contributed by atoms with Gasteiger partial charge in [-0.25, -0.2) is 0 Å². The average molecular weight is 314 g/mol. The van der Waals surface area contributed by atoms with E-state index in [0.29, 0.717) is 0 Å². The van der Waals surface area contributed by atoms with Gasteiger partial charge in [0.1, 0.15) is 17.3 Å². The van der Waals surface area contributed by atoms with Gasteiger partial charge in [-0.1, -0.05) is 42.5 Å². The lowest BCUT2D eigenvalue weighted by atomic mass is 9.61. The Labute approximate surface area is 136 Å². The Balaban J connectivity index is 2.45. The average Bonchev–Trinajstić information content (AvgIpc) is 2.43. The molecule has 0 unspecified atom stereocenters. The van der Waals surface area contributed by atoms with Crippen molar-refractivity contribution in [3.05, 3.63) is 42.0 Å². The van der Waals surface area contributed by atoms with E-state index in [-0.39, 0.29) is 23.8 Å². The quantitative estimate of drug-likeness (QED) is 0.867. The summed E-state index contributed by atoms with van der Waals surface area (Å²) >= 11 is 0. The second kappa shape index (κ2) is 6.59. The number of carbonyl (C=O) groups excluding carboxylic acids is 3. The van der Waals surface area contributed by atoms with Gasteiger partial charge >= 0.3 is 0 Å². The summed E-state index contributed by atoms with van der Waals surface area (Å²) in [6, 6.07) is 9.44. The van der Waals surface area contributed by atoms with Gasteiger partial charge in [-0.2, -0.15) is 0 Å². The maximum absolute atomic E-state index is 12.3. The summed E-state index contributed by atoms with van der Waals surface area (Å²) in [6.07, 6.45) is 3.35. The standard InChI is InChI=1S/C19H22O4/c1-12(20)17-15(10-9-14-7-5-4-6-8-14)18(13(2)21)19(3,23)11-16(17)22/h4-10,15,17-18,23H,11H2,1-3H3/b10-9+/t15-,17-,18+,19-/m0/s1. The van der Waals surface area contributed by atoms with Crippen LogP contribution in [-0.4, -0.2) is 28.1 Å². The molecule has 0 heterocycles. The van der Waals surface area contributed by atoms with Crippen LogP contribution in [0.4, 0.5) is 0 Å². The molecular formula is C19H22O4. The minimum Gasteiger partial charge on any atom is -0.389 e. The van der Waals surface area contributed by atoms with Crippen LogP contribution in [0.1, 0.15) is 32.8 Å². The SMILES string of the molecule is CC(=O)[C@@H]1C(=O)C[C@](C)(O)[C@H](C(C)=O)[C@H]1/C=C/c1ccccc1. The summed E-state index contributed by atoms with van der Waals surface area (Å²) in [5, 5.41) is 10.6. The number of Topliss-reactive ketones (excluding diaryl/α,β-unsaturated/α-hetero) is 3. The molecule has 4 atom stereocenters. The molecule has 1 aliphatic rings. The first kappa shape index (κ1) is 17.3. The molecule has 1 saturated carbocycles. The molecule has 2 rings (SSSR count). The monoisotopic (exact) mass is 314 g/mol. The van der Waals surface area contributed by atoms with Crippen LogP contribution in [-0.2, 0) is 14.4 Å². The molecule has 4 heteroatoms. The maximum Gasteiger partial charge on any atom is 0.146 e. The van der Waals surface area contributed by atoms with Gasteiger partial charge < -0.3 is 5.11 Å². The minimum absolute atomic E-state index is 0.169. The van der Waals surface area contributed by atoms with Gasteiger partial charge in [0, 0.05) is 12.3 Å². The van der Waals surface area contributed by atoms with E-state index in [1.165, 1.54) is 20.8 Å². The van der Waals surface area contributed by atoms with Crippen molar-refractivity contribution in [1.82, 2.24) is 0 Å². The fraction of sp³-hybridized carbons (Fsp3) is 0.421. The lowest BCUT2D eigenvalue weighted by Crippen LogP contribution is -2.54. The molecule has 1 aromatic rings. The zero-order valence-electron chi connectivity index (χ0n) is 13.7. The summed E-state index contributed by atoms with van der Waals surface area (Å²) < 4.78 is 0. The number of rotatable bonds is 4. The van der Waals surface area contributed by atoms with Crippen LogP contribution >= 0.6 is 0 Å². The molecule has 1 aromatic carbocycles. The molecule has 0 aromatic heterocycles. The largest absolute Gasteiger partial charge is 0.389 e. The number of ketones is 3. The van der Waals surface area contributed by atoms with Crippen LogP contribution in [0.3, 0.4) is 0 Å². The number of benzene rings is 1. The number of allylic oxidation sites excluding steroid dienone is 1. The number of carbonyl (C=O) groups is 3. The van der Waals surface area contributed by atoms with Crippen molar-refractivity contribution in [2.75, 3.05) is 0 Å². The van der Waals surface area contributed by atoms with E-state index in [1.807, 2.05) is 30.3 Å². The molecule has 1 N–H and O–H groups in total. The van der Waals surface area contributed by atoms with Crippen molar-refractivity contribution in [3.8, 4) is 0 Å². The first-order valence-electron chi connectivity index (χ1n) is 7.73. The van der Waals surface area contributed by atoms with E-state index < -0.39 is 23.4 Å². The number of hydrogen-bond acceptors (Lipinski definition) is 4. The summed E-state index contributed by atoms with van der Waals surface area (Å²) in [5.41, 5.74) is -0.518. The third-order valence-electron chi connectivity index (χ3n) is 4.51. The molecule has 122 valence electrons. The van der Waals surface area contributed by atoms with Crippen LogP contribution in [0.2, 0.25) is 0 Å². The van der Waals surface area contributed by atoms with Gasteiger partial charge in [0.25, 0.3) is 0 Å². The molecule has 1 fully saturated rings. The van der Waals surface area contributed by atoms with Crippen molar-refractivity contribution < 1.29 is 19.5 Å². The van der Waals surface area contributed by atoms with Gasteiger partial charge in [0.15, 0.2) is 0 Å². The van der Waals surface area contributed by atoms with E-state index in [0.717, 1.165) is 5.56 Å². The smallest absolute Gasteiger partial charge is 0.146 e. The second-order valence-corrected chi connectivity index (χ2v) is 6.52. The summed E-state index contributed by atoms with van der Waals surface area (Å²) in [4.78, 5) is 36.4.